The maximum atomic E-state index is 12.1. The molecule has 0 aromatic heterocycles. The molecule has 3 nitrogen and oxygen atoms in total. The van der Waals surface area contributed by atoms with Gasteiger partial charge in [-0.25, -0.2) is 0 Å². The number of hydrogen-bond donors (Lipinski definition) is 1. The van der Waals surface area contributed by atoms with Gasteiger partial charge in [-0.05, 0) is 30.9 Å². The molecule has 1 aliphatic heterocycles. The standard InChI is InChI=1S/C15H20Cl2N2O/c1-11-6-9-19(10-7-11)14(20)5-8-18-13-4-2-3-12(16)15(13)17/h2-4,11,18H,5-10H2,1H3. The van der Waals surface area contributed by atoms with Crippen molar-refractivity contribution in [2.24, 2.45) is 5.92 Å². The van der Waals surface area contributed by atoms with Crippen LogP contribution in [0.25, 0.3) is 0 Å². The molecule has 110 valence electrons. The van der Waals surface area contributed by atoms with Crippen LogP contribution in [0.2, 0.25) is 10.0 Å². The van der Waals surface area contributed by atoms with Gasteiger partial charge in [-0.1, -0.05) is 36.2 Å². The number of carbonyl (C=O) groups excluding carboxylic acids is 1. The van der Waals surface area contributed by atoms with Crippen LogP contribution < -0.4 is 5.32 Å². The minimum Gasteiger partial charge on any atom is -0.383 e. The molecule has 0 saturated carbocycles. The fraction of sp³-hybridized carbons (Fsp3) is 0.533. The number of anilines is 1. The highest BCUT2D eigenvalue weighted by atomic mass is 35.5. The van der Waals surface area contributed by atoms with E-state index in [0.29, 0.717) is 23.0 Å². The summed E-state index contributed by atoms with van der Waals surface area (Å²) in [7, 11) is 0. The Morgan fingerprint density at radius 3 is 2.75 bits per heavy atom. The topological polar surface area (TPSA) is 32.3 Å². The molecular formula is C15H20Cl2N2O. The van der Waals surface area contributed by atoms with Crippen LogP contribution in [0.1, 0.15) is 26.2 Å². The van der Waals surface area contributed by atoms with E-state index in [1.165, 1.54) is 0 Å². The van der Waals surface area contributed by atoms with E-state index in [9.17, 15) is 4.79 Å². The van der Waals surface area contributed by atoms with E-state index in [1.54, 1.807) is 6.07 Å². The summed E-state index contributed by atoms with van der Waals surface area (Å²) in [6, 6.07) is 5.45. The Balaban J connectivity index is 1.78. The number of nitrogens with one attached hydrogen (secondary N) is 1. The third kappa shape index (κ3) is 4.03. The van der Waals surface area contributed by atoms with Crippen molar-refractivity contribution < 1.29 is 4.79 Å². The second-order valence-electron chi connectivity index (χ2n) is 5.34. The molecule has 1 aliphatic rings. The van der Waals surface area contributed by atoms with Gasteiger partial charge in [-0.15, -0.1) is 0 Å². The van der Waals surface area contributed by atoms with E-state index in [2.05, 4.69) is 12.2 Å². The number of halogens is 2. The van der Waals surface area contributed by atoms with Crippen molar-refractivity contribution >= 4 is 34.8 Å². The van der Waals surface area contributed by atoms with Crippen LogP contribution in [0.15, 0.2) is 18.2 Å². The van der Waals surface area contributed by atoms with Crippen molar-refractivity contribution in [1.29, 1.82) is 0 Å². The Kier molecular flexibility index (Phi) is 5.55. The highest BCUT2D eigenvalue weighted by Gasteiger charge is 2.19. The molecule has 1 fully saturated rings. The molecule has 0 atom stereocenters. The van der Waals surface area contributed by atoms with Crippen molar-refractivity contribution in [3.63, 3.8) is 0 Å². The Morgan fingerprint density at radius 1 is 1.35 bits per heavy atom. The summed E-state index contributed by atoms with van der Waals surface area (Å²) in [5.74, 6) is 0.949. The summed E-state index contributed by atoms with van der Waals surface area (Å²) in [6.45, 7) is 4.59. The van der Waals surface area contributed by atoms with Crippen LogP contribution in [0.3, 0.4) is 0 Å². The first-order chi connectivity index (χ1) is 9.58. The maximum absolute atomic E-state index is 12.1. The lowest BCUT2D eigenvalue weighted by molar-refractivity contribution is -0.132. The molecule has 1 heterocycles. The summed E-state index contributed by atoms with van der Waals surface area (Å²) < 4.78 is 0. The molecule has 0 unspecified atom stereocenters. The zero-order chi connectivity index (χ0) is 14.5. The van der Waals surface area contributed by atoms with Gasteiger partial charge in [-0.3, -0.25) is 4.79 Å². The van der Waals surface area contributed by atoms with Crippen molar-refractivity contribution in [1.82, 2.24) is 4.90 Å². The van der Waals surface area contributed by atoms with Crippen molar-refractivity contribution in [2.75, 3.05) is 25.0 Å². The van der Waals surface area contributed by atoms with Gasteiger partial charge < -0.3 is 10.2 Å². The number of carbonyl (C=O) groups is 1. The van der Waals surface area contributed by atoms with Gasteiger partial charge in [0.1, 0.15) is 0 Å². The monoisotopic (exact) mass is 314 g/mol. The number of likely N-dealkylation sites (tertiary alicyclic amines) is 1. The van der Waals surface area contributed by atoms with Gasteiger partial charge >= 0.3 is 0 Å². The molecule has 1 aromatic carbocycles. The lowest BCUT2D eigenvalue weighted by Crippen LogP contribution is -2.38. The molecule has 1 amide bonds. The van der Waals surface area contributed by atoms with Gasteiger partial charge in [0.2, 0.25) is 5.91 Å². The number of piperidine rings is 1. The highest BCUT2D eigenvalue weighted by molar-refractivity contribution is 6.43. The number of amides is 1. The van der Waals surface area contributed by atoms with Crippen LogP contribution >= 0.6 is 23.2 Å². The largest absolute Gasteiger partial charge is 0.383 e. The zero-order valence-electron chi connectivity index (χ0n) is 11.7. The summed E-state index contributed by atoms with van der Waals surface area (Å²) in [4.78, 5) is 14.0. The summed E-state index contributed by atoms with van der Waals surface area (Å²) in [5, 5.41) is 4.20. The minimum atomic E-state index is 0.211. The third-order valence-corrected chi connectivity index (χ3v) is 4.56. The van der Waals surface area contributed by atoms with Gasteiger partial charge in [0, 0.05) is 26.1 Å². The normalized spacial score (nSPS) is 16.2. The Labute approximate surface area is 130 Å². The Hall–Kier alpha value is -0.930. The number of rotatable bonds is 4. The Bertz CT molecular complexity index is 471. The molecule has 2 rings (SSSR count). The van der Waals surface area contributed by atoms with Gasteiger partial charge in [0.25, 0.3) is 0 Å². The Morgan fingerprint density at radius 2 is 2.05 bits per heavy atom. The first kappa shape index (κ1) is 15.5. The zero-order valence-corrected chi connectivity index (χ0v) is 13.2. The molecule has 1 saturated heterocycles. The highest BCUT2D eigenvalue weighted by Crippen LogP contribution is 2.29. The van der Waals surface area contributed by atoms with Crippen LogP contribution in [-0.4, -0.2) is 30.4 Å². The lowest BCUT2D eigenvalue weighted by Gasteiger charge is -2.30. The van der Waals surface area contributed by atoms with E-state index in [4.69, 9.17) is 23.2 Å². The van der Waals surface area contributed by atoms with E-state index in [0.717, 1.165) is 37.5 Å². The number of hydrogen-bond acceptors (Lipinski definition) is 2. The van der Waals surface area contributed by atoms with Gasteiger partial charge in [-0.2, -0.15) is 0 Å². The molecule has 0 aliphatic carbocycles. The SMILES string of the molecule is CC1CCN(C(=O)CCNc2cccc(Cl)c2Cl)CC1. The molecule has 0 bridgehead atoms. The van der Waals surface area contributed by atoms with Crippen LogP contribution in [0.5, 0.6) is 0 Å². The minimum absolute atomic E-state index is 0.211. The molecule has 20 heavy (non-hydrogen) atoms. The first-order valence-electron chi connectivity index (χ1n) is 7.03. The van der Waals surface area contributed by atoms with Crippen molar-refractivity contribution in [3.8, 4) is 0 Å². The quantitative estimate of drug-likeness (QED) is 0.909. The van der Waals surface area contributed by atoms with Crippen LogP contribution in [0.4, 0.5) is 5.69 Å². The van der Waals surface area contributed by atoms with Crippen LogP contribution in [0, 0.1) is 5.92 Å². The van der Waals surface area contributed by atoms with Crippen molar-refractivity contribution in [2.45, 2.75) is 26.2 Å². The maximum Gasteiger partial charge on any atom is 0.224 e. The molecule has 1 N–H and O–H groups in total. The fourth-order valence-electron chi connectivity index (χ4n) is 2.36. The summed E-state index contributed by atoms with van der Waals surface area (Å²) in [6.07, 6.45) is 2.70. The summed E-state index contributed by atoms with van der Waals surface area (Å²) >= 11 is 12.0. The van der Waals surface area contributed by atoms with Gasteiger partial charge in [0.05, 0.1) is 15.7 Å². The van der Waals surface area contributed by atoms with E-state index in [-0.39, 0.29) is 5.91 Å². The fourth-order valence-corrected chi connectivity index (χ4v) is 2.73. The first-order valence-corrected chi connectivity index (χ1v) is 7.79. The van der Waals surface area contributed by atoms with Crippen LogP contribution in [-0.2, 0) is 4.79 Å². The number of nitrogens with zero attached hydrogens (tertiary/aromatic N) is 1. The molecule has 5 heteroatoms. The van der Waals surface area contributed by atoms with E-state index >= 15 is 0 Å². The third-order valence-electron chi connectivity index (χ3n) is 3.74. The lowest BCUT2D eigenvalue weighted by atomic mass is 9.99. The number of benzene rings is 1. The average Bonchev–Trinajstić information content (AvgIpc) is 2.44. The molecule has 0 radical (unpaired) electrons. The molecular weight excluding hydrogens is 295 g/mol. The second kappa shape index (κ2) is 7.19. The van der Waals surface area contributed by atoms with E-state index < -0.39 is 0 Å². The summed E-state index contributed by atoms with van der Waals surface area (Å²) in [5.41, 5.74) is 0.777. The smallest absolute Gasteiger partial charge is 0.224 e. The molecule has 0 spiro atoms. The predicted molar refractivity (Wildman–Crippen MR) is 84.5 cm³/mol. The van der Waals surface area contributed by atoms with Gasteiger partial charge in [0.15, 0.2) is 0 Å². The molecule has 1 aromatic rings. The van der Waals surface area contributed by atoms with E-state index in [1.807, 2.05) is 17.0 Å². The average molecular weight is 315 g/mol. The van der Waals surface area contributed by atoms with Crippen molar-refractivity contribution in [3.05, 3.63) is 28.2 Å². The predicted octanol–water partition coefficient (Wildman–Crippen LogP) is 4.05. The second-order valence-corrected chi connectivity index (χ2v) is 6.13.